The van der Waals surface area contributed by atoms with Crippen LogP contribution >= 0.6 is 0 Å². The van der Waals surface area contributed by atoms with E-state index in [-0.39, 0.29) is 11.8 Å². The van der Waals surface area contributed by atoms with E-state index in [2.05, 4.69) is 0 Å². The highest BCUT2D eigenvalue weighted by atomic mass is 16.5. The maximum absolute atomic E-state index is 11.8. The number of nitrogens with zero attached hydrogens (tertiary/aromatic N) is 1. The predicted molar refractivity (Wildman–Crippen MR) is 73.1 cm³/mol. The third-order valence-electron chi connectivity index (χ3n) is 3.60. The Labute approximate surface area is 114 Å². The van der Waals surface area contributed by atoms with Gasteiger partial charge in [-0.3, -0.25) is 4.79 Å². The van der Waals surface area contributed by atoms with E-state index >= 15 is 0 Å². The molecule has 0 aromatic heterocycles. The Hall–Kier alpha value is -1.55. The molecule has 19 heavy (non-hydrogen) atoms. The molecule has 4 heteroatoms. The number of likely N-dealkylation sites (tertiary alicyclic amines) is 1. The minimum Gasteiger partial charge on any atom is -0.508 e. The first-order chi connectivity index (χ1) is 9.10. The van der Waals surface area contributed by atoms with E-state index in [0.717, 1.165) is 24.1 Å². The lowest BCUT2D eigenvalue weighted by molar-refractivity contribution is -0.128. The lowest BCUT2D eigenvalue weighted by atomic mass is 9.97. The highest BCUT2D eigenvalue weighted by Crippen LogP contribution is 2.26. The van der Waals surface area contributed by atoms with Gasteiger partial charge in [-0.1, -0.05) is 17.7 Å². The number of rotatable bonds is 5. The van der Waals surface area contributed by atoms with Crippen LogP contribution in [0.2, 0.25) is 0 Å². The minimum atomic E-state index is 0.189. The molecular formula is C15H21NO3. The summed E-state index contributed by atoms with van der Waals surface area (Å²) >= 11 is 0. The number of hydrogen-bond acceptors (Lipinski definition) is 3. The van der Waals surface area contributed by atoms with Gasteiger partial charge in [-0.2, -0.15) is 0 Å². The Morgan fingerprint density at radius 2 is 2.26 bits per heavy atom. The Bertz CT molecular complexity index is 459. The topological polar surface area (TPSA) is 49.8 Å². The van der Waals surface area contributed by atoms with E-state index in [1.54, 1.807) is 13.2 Å². The van der Waals surface area contributed by atoms with Gasteiger partial charge in [0.15, 0.2) is 0 Å². The van der Waals surface area contributed by atoms with Crippen molar-refractivity contribution in [1.82, 2.24) is 4.90 Å². The molecular weight excluding hydrogens is 242 g/mol. The summed E-state index contributed by atoms with van der Waals surface area (Å²) in [7, 11) is 1.64. The molecule has 1 atom stereocenters. The van der Waals surface area contributed by atoms with Crippen LogP contribution < -0.4 is 0 Å². The molecule has 2 rings (SSSR count). The third-order valence-corrected chi connectivity index (χ3v) is 3.60. The fourth-order valence-electron chi connectivity index (χ4n) is 2.60. The molecule has 4 nitrogen and oxygen atoms in total. The van der Waals surface area contributed by atoms with Crippen molar-refractivity contribution in [3.8, 4) is 5.75 Å². The lowest BCUT2D eigenvalue weighted by Gasteiger charge is -2.16. The predicted octanol–water partition coefficient (Wildman–Crippen LogP) is 1.74. The molecule has 0 radical (unpaired) electrons. The number of amides is 1. The molecule has 1 saturated heterocycles. The van der Waals surface area contributed by atoms with Crippen molar-refractivity contribution < 1.29 is 14.6 Å². The number of ether oxygens (including phenoxy) is 1. The number of carbonyl (C=O) groups is 1. The second-order valence-corrected chi connectivity index (χ2v) is 5.24. The van der Waals surface area contributed by atoms with E-state index in [9.17, 15) is 9.90 Å². The first-order valence-electron chi connectivity index (χ1n) is 6.65. The van der Waals surface area contributed by atoms with Crippen LogP contribution in [0.15, 0.2) is 18.2 Å². The van der Waals surface area contributed by atoms with Crippen molar-refractivity contribution in [2.45, 2.75) is 19.8 Å². The molecule has 1 heterocycles. The molecule has 1 aliphatic rings. The molecule has 1 aromatic carbocycles. The van der Waals surface area contributed by atoms with E-state index in [0.29, 0.717) is 25.3 Å². The van der Waals surface area contributed by atoms with Gasteiger partial charge in [0.25, 0.3) is 0 Å². The van der Waals surface area contributed by atoms with E-state index in [1.807, 2.05) is 24.0 Å². The third kappa shape index (κ3) is 3.47. The van der Waals surface area contributed by atoms with Crippen molar-refractivity contribution in [3.05, 3.63) is 29.3 Å². The summed E-state index contributed by atoms with van der Waals surface area (Å²) in [6, 6.07) is 5.62. The highest BCUT2D eigenvalue weighted by molar-refractivity contribution is 5.78. The largest absolute Gasteiger partial charge is 0.508 e. The van der Waals surface area contributed by atoms with E-state index in [4.69, 9.17) is 4.74 Å². The zero-order valence-electron chi connectivity index (χ0n) is 11.6. The molecule has 1 aromatic rings. The zero-order valence-corrected chi connectivity index (χ0v) is 11.6. The summed E-state index contributed by atoms with van der Waals surface area (Å²) < 4.78 is 5.01. The number of aryl methyl sites for hydroxylation is 1. The van der Waals surface area contributed by atoms with Crippen molar-refractivity contribution in [2.75, 3.05) is 26.8 Å². The van der Waals surface area contributed by atoms with Crippen LogP contribution in [0.3, 0.4) is 0 Å². The molecule has 0 bridgehead atoms. The van der Waals surface area contributed by atoms with Crippen LogP contribution in [-0.4, -0.2) is 42.7 Å². The number of carbonyl (C=O) groups excluding carboxylic acids is 1. The summed E-state index contributed by atoms with van der Waals surface area (Å²) in [6.07, 6.45) is 1.32. The van der Waals surface area contributed by atoms with Gasteiger partial charge in [-0.05, 0) is 30.9 Å². The maximum atomic E-state index is 11.8. The van der Waals surface area contributed by atoms with Crippen LogP contribution in [-0.2, 0) is 16.0 Å². The summed E-state index contributed by atoms with van der Waals surface area (Å²) in [4.78, 5) is 13.7. The minimum absolute atomic E-state index is 0.189. The van der Waals surface area contributed by atoms with Crippen LogP contribution in [0.5, 0.6) is 5.75 Å². The Morgan fingerprint density at radius 3 is 3.00 bits per heavy atom. The average molecular weight is 263 g/mol. The zero-order chi connectivity index (χ0) is 13.8. The van der Waals surface area contributed by atoms with Crippen LogP contribution in [0.25, 0.3) is 0 Å². The molecule has 1 fully saturated rings. The lowest BCUT2D eigenvalue weighted by Crippen LogP contribution is -2.28. The van der Waals surface area contributed by atoms with Crippen LogP contribution in [0.1, 0.15) is 17.5 Å². The Kier molecular flexibility index (Phi) is 4.43. The normalized spacial score (nSPS) is 19.2. The molecule has 1 amide bonds. The van der Waals surface area contributed by atoms with Gasteiger partial charge in [0.2, 0.25) is 5.91 Å². The van der Waals surface area contributed by atoms with Gasteiger partial charge in [0.1, 0.15) is 5.75 Å². The molecule has 0 spiro atoms. The van der Waals surface area contributed by atoms with E-state index < -0.39 is 0 Å². The van der Waals surface area contributed by atoms with Crippen LogP contribution in [0, 0.1) is 12.8 Å². The van der Waals surface area contributed by atoms with Gasteiger partial charge < -0.3 is 14.7 Å². The molecule has 1 aliphatic heterocycles. The van der Waals surface area contributed by atoms with Gasteiger partial charge in [0, 0.05) is 26.6 Å². The van der Waals surface area contributed by atoms with Crippen molar-refractivity contribution in [3.63, 3.8) is 0 Å². The number of hydrogen-bond donors (Lipinski definition) is 1. The number of methoxy groups -OCH3 is 1. The Balaban J connectivity index is 1.97. The van der Waals surface area contributed by atoms with Gasteiger partial charge in [0.05, 0.1) is 6.61 Å². The number of phenolic OH excluding ortho intramolecular Hbond substituents is 1. The number of benzene rings is 1. The van der Waals surface area contributed by atoms with Crippen LogP contribution in [0.4, 0.5) is 0 Å². The fraction of sp³-hybridized carbons (Fsp3) is 0.533. The molecule has 1 N–H and O–H groups in total. The van der Waals surface area contributed by atoms with Crippen molar-refractivity contribution in [2.24, 2.45) is 5.92 Å². The first-order valence-corrected chi connectivity index (χ1v) is 6.65. The second-order valence-electron chi connectivity index (χ2n) is 5.24. The SMILES string of the molecule is COCCN1CC(Cc2cc(C)ccc2O)CC1=O. The summed E-state index contributed by atoms with van der Waals surface area (Å²) in [6.45, 7) is 4.00. The monoisotopic (exact) mass is 263 g/mol. The summed E-state index contributed by atoms with van der Waals surface area (Å²) in [5.41, 5.74) is 2.07. The smallest absolute Gasteiger partial charge is 0.223 e. The summed E-state index contributed by atoms with van der Waals surface area (Å²) in [5, 5.41) is 9.85. The second kappa shape index (κ2) is 6.06. The standard InChI is InChI=1S/C15H21NO3/c1-11-3-4-14(17)13(7-11)8-12-9-15(18)16(10-12)5-6-19-2/h3-4,7,12,17H,5-6,8-10H2,1-2H3. The molecule has 1 unspecified atom stereocenters. The average Bonchev–Trinajstić information content (AvgIpc) is 2.72. The van der Waals surface area contributed by atoms with Crippen molar-refractivity contribution in [1.29, 1.82) is 0 Å². The number of phenols is 1. The Morgan fingerprint density at radius 1 is 1.47 bits per heavy atom. The van der Waals surface area contributed by atoms with Gasteiger partial charge in [-0.15, -0.1) is 0 Å². The van der Waals surface area contributed by atoms with E-state index in [1.165, 1.54) is 0 Å². The fourth-order valence-corrected chi connectivity index (χ4v) is 2.60. The molecule has 0 aliphatic carbocycles. The number of aromatic hydroxyl groups is 1. The quantitative estimate of drug-likeness (QED) is 0.880. The maximum Gasteiger partial charge on any atom is 0.223 e. The van der Waals surface area contributed by atoms with Gasteiger partial charge in [-0.25, -0.2) is 0 Å². The molecule has 104 valence electrons. The first kappa shape index (κ1) is 13.9. The van der Waals surface area contributed by atoms with Gasteiger partial charge >= 0.3 is 0 Å². The summed E-state index contributed by atoms with van der Waals surface area (Å²) in [5.74, 6) is 0.805. The molecule has 0 saturated carbocycles. The van der Waals surface area contributed by atoms with Crippen molar-refractivity contribution >= 4 is 5.91 Å². The highest BCUT2D eigenvalue weighted by Gasteiger charge is 2.29.